The molecule has 21 heavy (non-hydrogen) atoms. The number of terminal acetylenes is 2. The van der Waals surface area contributed by atoms with Crippen LogP contribution in [0, 0.1) is 24.7 Å². The van der Waals surface area contributed by atoms with Crippen LogP contribution in [0.25, 0.3) is 21.8 Å². The highest BCUT2D eigenvalue weighted by Gasteiger charge is 2.10. The topological polar surface area (TPSA) is 8.17 Å². The molecule has 0 aliphatic carbocycles. The van der Waals surface area contributed by atoms with Gasteiger partial charge in [0, 0.05) is 34.5 Å². The molecule has 0 radical (unpaired) electrons. The Balaban J connectivity index is 2.22. The van der Waals surface area contributed by atoms with E-state index >= 15 is 0 Å². The normalized spacial score (nSPS) is 10.4. The van der Waals surface area contributed by atoms with Gasteiger partial charge in [-0.3, -0.25) is 0 Å². The predicted molar refractivity (Wildman–Crippen MR) is 90.3 cm³/mol. The molecule has 3 aromatic rings. The second-order valence-electron chi connectivity index (χ2n) is 5.04. The van der Waals surface area contributed by atoms with Crippen LogP contribution in [0.2, 0.25) is 0 Å². The van der Waals surface area contributed by atoms with Crippen LogP contribution in [-0.4, -0.2) is 17.7 Å². The van der Waals surface area contributed by atoms with Crippen LogP contribution in [0.4, 0.5) is 5.69 Å². The summed E-state index contributed by atoms with van der Waals surface area (Å²) < 4.78 is 2.21. The molecule has 3 rings (SSSR count). The second kappa shape index (κ2) is 5.27. The lowest BCUT2D eigenvalue weighted by Gasteiger charge is -2.19. The van der Waals surface area contributed by atoms with Crippen molar-refractivity contribution in [2.45, 2.75) is 0 Å². The molecule has 0 aliphatic rings. The summed E-state index contributed by atoms with van der Waals surface area (Å²) in [6.45, 7) is 1.03. The number of anilines is 1. The molecule has 0 spiro atoms. The minimum absolute atomic E-state index is 0.514. The molecule has 0 saturated heterocycles. The first-order chi connectivity index (χ1) is 10.3. The van der Waals surface area contributed by atoms with Gasteiger partial charge in [-0.1, -0.05) is 30.0 Å². The average Bonchev–Trinajstić information content (AvgIpc) is 2.80. The molecule has 2 nitrogen and oxygen atoms in total. The van der Waals surface area contributed by atoms with Crippen LogP contribution in [0.1, 0.15) is 0 Å². The van der Waals surface area contributed by atoms with Crippen LogP contribution < -0.4 is 4.90 Å². The maximum Gasteiger partial charge on any atom is 0.0801 e. The molecule has 0 amide bonds. The van der Waals surface area contributed by atoms with Gasteiger partial charge < -0.3 is 9.47 Å². The molecule has 102 valence electrons. The molecule has 0 bridgehead atoms. The molecule has 0 unspecified atom stereocenters. The van der Waals surface area contributed by atoms with Crippen LogP contribution in [0.15, 0.2) is 42.5 Å². The van der Waals surface area contributed by atoms with E-state index in [0.717, 1.165) is 5.69 Å². The number of rotatable bonds is 3. The van der Waals surface area contributed by atoms with Gasteiger partial charge in [-0.15, -0.1) is 12.8 Å². The smallest absolute Gasteiger partial charge is 0.0801 e. The Morgan fingerprint density at radius 1 is 0.952 bits per heavy atom. The zero-order valence-corrected chi connectivity index (χ0v) is 12.0. The number of hydrogen-bond donors (Lipinski definition) is 0. The van der Waals surface area contributed by atoms with E-state index in [2.05, 4.69) is 65.9 Å². The number of nitrogens with zero attached hydrogens (tertiary/aromatic N) is 2. The Morgan fingerprint density at radius 3 is 2.33 bits per heavy atom. The van der Waals surface area contributed by atoms with Crippen molar-refractivity contribution >= 4 is 27.5 Å². The van der Waals surface area contributed by atoms with Crippen molar-refractivity contribution < 1.29 is 0 Å². The molecule has 2 aromatic carbocycles. The fourth-order valence-electron chi connectivity index (χ4n) is 2.81. The van der Waals surface area contributed by atoms with Gasteiger partial charge >= 0.3 is 0 Å². The lowest BCUT2D eigenvalue weighted by molar-refractivity contribution is 0.985. The van der Waals surface area contributed by atoms with Crippen molar-refractivity contribution in [3.63, 3.8) is 0 Å². The van der Waals surface area contributed by atoms with E-state index in [-0.39, 0.29) is 0 Å². The first kappa shape index (κ1) is 13.2. The van der Waals surface area contributed by atoms with E-state index in [1.807, 2.05) is 4.90 Å². The Morgan fingerprint density at radius 2 is 1.62 bits per heavy atom. The summed E-state index contributed by atoms with van der Waals surface area (Å²) in [5, 5.41) is 2.47. The number of hydrogen-bond acceptors (Lipinski definition) is 1. The zero-order valence-electron chi connectivity index (χ0n) is 12.0. The largest absolute Gasteiger partial charge is 0.349 e. The van der Waals surface area contributed by atoms with Crippen LogP contribution in [0.3, 0.4) is 0 Å². The quantitative estimate of drug-likeness (QED) is 0.663. The monoisotopic (exact) mass is 272 g/mol. The van der Waals surface area contributed by atoms with Crippen LogP contribution in [-0.2, 0) is 7.05 Å². The van der Waals surface area contributed by atoms with E-state index in [0.29, 0.717) is 13.1 Å². The number of para-hydroxylation sites is 1. The lowest BCUT2D eigenvalue weighted by atomic mass is 10.1. The lowest BCUT2D eigenvalue weighted by Crippen LogP contribution is -2.23. The first-order valence-electron chi connectivity index (χ1n) is 6.85. The third-order valence-corrected chi connectivity index (χ3v) is 3.83. The fraction of sp³-hybridized carbons (Fsp3) is 0.158. The van der Waals surface area contributed by atoms with E-state index in [1.165, 1.54) is 21.8 Å². The van der Waals surface area contributed by atoms with Crippen molar-refractivity contribution in [3.8, 4) is 24.7 Å². The molecule has 2 heteroatoms. The third kappa shape index (κ3) is 2.12. The van der Waals surface area contributed by atoms with E-state index < -0.39 is 0 Å². The van der Waals surface area contributed by atoms with Crippen molar-refractivity contribution in [2.75, 3.05) is 18.0 Å². The van der Waals surface area contributed by atoms with Gasteiger partial charge in [0.15, 0.2) is 0 Å². The highest BCUT2D eigenvalue weighted by Crippen LogP contribution is 2.31. The van der Waals surface area contributed by atoms with Gasteiger partial charge in [-0.25, -0.2) is 0 Å². The van der Waals surface area contributed by atoms with Gasteiger partial charge in [0.25, 0.3) is 0 Å². The summed E-state index contributed by atoms with van der Waals surface area (Å²) in [6, 6.07) is 14.8. The summed E-state index contributed by atoms with van der Waals surface area (Å²) in [7, 11) is 2.09. The number of aromatic nitrogens is 1. The summed E-state index contributed by atoms with van der Waals surface area (Å²) >= 11 is 0. The Hall–Kier alpha value is -2.84. The Kier molecular flexibility index (Phi) is 3.30. The van der Waals surface area contributed by atoms with Crippen molar-refractivity contribution in [2.24, 2.45) is 7.05 Å². The maximum atomic E-state index is 5.44. The molecule has 1 aromatic heterocycles. The molecule has 0 fully saturated rings. The molecule has 0 N–H and O–H groups in total. The summed E-state index contributed by atoms with van der Waals surface area (Å²) in [5.74, 6) is 5.33. The standard InChI is InChI=1S/C19H16N2/c1-4-12-21(13-5-2)15-10-11-19-17(14-15)16-8-6-7-9-18(16)20(19)3/h1-2,6-11,14H,12-13H2,3H3. The van der Waals surface area contributed by atoms with Gasteiger partial charge in [0.2, 0.25) is 0 Å². The predicted octanol–water partition coefficient (Wildman–Crippen LogP) is 3.40. The number of fused-ring (bicyclic) bond motifs is 3. The third-order valence-electron chi connectivity index (χ3n) is 3.83. The fourth-order valence-corrected chi connectivity index (χ4v) is 2.81. The van der Waals surface area contributed by atoms with Gasteiger partial charge in [0.1, 0.15) is 0 Å². The number of aryl methyl sites for hydroxylation is 1. The molecule has 0 saturated carbocycles. The first-order valence-corrected chi connectivity index (χ1v) is 6.85. The van der Waals surface area contributed by atoms with E-state index in [4.69, 9.17) is 12.8 Å². The van der Waals surface area contributed by atoms with Crippen molar-refractivity contribution in [3.05, 3.63) is 42.5 Å². The van der Waals surface area contributed by atoms with Gasteiger partial charge in [0.05, 0.1) is 13.1 Å². The van der Waals surface area contributed by atoms with E-state index in [1.54, 1.807) is 0 Å². The maximum absolute atomic E-state index is 5.44. The van der Waals surface area contributed by atoms with Gasteiger partial charge in [-0.2, -0.15) is 0 Å². The van der Waals surface area contributed by atoms with E-state index in [9.17, 15) is 0 Å². The highest BCUT2D eigenvalue weighted by atomic mass is 15.1. The molecular weight excluding hydrogens is 256 g/mol. The van der Waals surface area contributed by atoms with Crippen LogP contribution in [0.5, 0.6) is 0 Å². The van der Waals surface area contributed by atoms with Crippen LogP contribution >= 0.6 is 0 Å². The molecular formula is C19H16N2. The SMILES string of the molecule is C#CCN(CC#C)c1ccc2c(c1)c1ccccc1n2C. The minimum atomic E-state index is 0.514. The second-order valence-corrected chi connectivity index (χ2v) is 5.04. The summed E-state index contributed by atoms with van der Waals surface area (Å²) in [5.41, 5.74) is 3.50. The molecule has 0 aliphatic heterocycles. The highest BCUT2D eigenvalue weighted by molar-refractivity contribution is 6.09. The van der Waals surface area contributed by atoms with Crippen molar-refractivity contribution in [1.29, 1.82) is 0 Å². The minimum Gasteiger partial charge on any atom is -0.349 e. The Bertz CT molecular complexity index is 871. The van der Waals surface area contributed by atoms with Gasteiger partial charge in [-0.05, 0) is 24.3 Å². The average molecular weight is 272 g/mol. The summed E-state index contributed by atoms with van der Waals surface area (Å²) in [6.07, 6.45) is 10.9. The molecule has 0 atom stereocenters. The number of benzene rings is 2. The Labute approximate surface area is 125 Å². The zero-order chi connectivity index (χ0) is 14.8. The summed E-state index contributed by atoms with van der Waals surface area (Å²) in [4.78, 5) is 2.03. The van der Waals surface area contributed by atoms with Crippen molar-refractivity contribution in [1.82, 2.24) is 4.57 Å². The molecule has 1 heterocycles.